The third-order valence-electron chi connectivity index (χ3n) is 4.18. The first-order chi connectivity index (χ1) is 11.8. The van der Waals surface area contributed by atoms with E-state index >= 15 is 0 Å². The summed E-state index contributed by atoms with van der Waals surface area (Å²) in [6, 6.07) is 0. The van der Waals surface area contributed by atoms with Crippen LogP contribution >= 0.6 is 0 Å². The summed E-state index contributed by atoms with van der Waals surface area (Å²) in [6.07, 6.45) is 12.5. The van der Waals surface area contributed by atoms with E-state index in [0.29, 0.717) is 5.92 Å². The minimum atomic E-state index is 0.516. The lowest BCUT2D eigenvalue weighted by Gasteiger charge is -2.40. The standard InChI is InChI=1S/C15H21N9/c1(12-2-16-17-3-12)13-8-23(10-14-4-18-19-5-14)22-24(9-13)11-15-6-20-21-7-15/h2-7,13,22H,1,8-11H2,(H,16,17)(H,18,19)(H,20,21). The Morgan fingerprint density at radius 2 is 1.29 bits per heavy atom. The van der Waals surface area contributed by atoms with Crippen molar-refractivity contribution in [2.75, 3.05) is 13.1 Å². The van der Waals surface area contributed by atoms with E-state index in [-0.39, 0.29) is 0 Å². The van der Waals surface area contributed by atoms with Gasteiger partial charge in [-0.25, -0.2) is 10.0 Å². The second-order valence-electron chi connectivity index (χ2n) is 6.25. The van der Waals surface area contributed by atoms with E-state index in [4.69, 9.17) is 0 Å². The van der Waals surface area contributed by atoms with E-state index in [1.54, 1.807) is 0 Å². The monoisotopic (exact) mass is 327 g/mol. The minimum absolute atomic E-state index is 0.516. The molecule has 0 spiro atoms. The number of aromatic amines is 3. The van der Waals surface area contributed by atoms with Crippen molar-refractivity contribution in [2.24, 2.45) is 5.92 Å². The van der Waals surface area contributed by atoms with Crippen molar-refractivity contribution < 1.29 is 0 Å². The van der Waals surface area contributed by atoms with Crippen LogP contribution in [0.25, 0.3) is 0 Å². The molecule has 24 heavy (non-hydrogen) atoms. The number of hydrogen-bond acceptors (Lipinski definition) is 6. The highest BCUT2D eigenvalue weighted by Crippen LogP contribution is 2.17. The van der Waals surface area contributed by atoms with Gasteiger partial charge in [0, 0.05) is 55.9 Å². The third kappa shape index (κ3) is 3.70. The van der Waals surface area contributed by atoms with E-state index in [1.807, 2.05) is 37.2 Å². The molecule has 3 aromatic rings. The highest BCUT2D eigenvalue weighted by molar-refractivity contribution is 5.06. The summed E-state index contributed by atoms with van der Waals surface area (Å²) in [5.74, 6) is 0.516. The van der Waals surface area contributed by atoms with Crippen molar-refractivity contribution in [1.29, 1.82) is 0 Å². The van der Waals surface area contributed by atoms with Crippen molar-refractivity contribution in [2.45, 2.75) is 19.5 Å². The van der Waals surface area contributed by atoms with E-state index in [2.05, 4.69) is 46.1 Å². The maximum atomic E-state index is 4.05. The van der Waals surface area contributed by atoms with Crippen molar-refractivity contribution >= 4 is 0 Å². The molecule has 126 valence electrons. The van der Waals surface area contributed by atoms with Crippen LogP contribution < -0.4 is 5.53 Å². The molecule has 0 radical (unpaired) electrons. The fourth-order valence-electron chi connectivity index (χ4n) is 3.18. The first-order valence-corrected chi connectivity index (χ1v) is 8.04. The van der Waals surface area contributed by atoms with Gasteiger partial charge < -0.3 is 0 Å². The number of aromatic nitrogens is 6. The molecule has 4 heterocycles. The fourth-order valence-corrected chi connectivity index (χ4v) is 3.18. The molecule has 0 saturated carbocycles. The molecule has 0 amide bonds. The van der Waals surface area contributed by atoms with Gasteiger partial charge in [0.15, 0.2) is 0 Å². The van der Waals surface area contributed by atoms with Crippen molar-refractivity contribution in [3.63, 3.8) is 0 Å². The molecule has 4 rings (SSSR count). The summed E-state index contributed by atoms with van der Waals surface area (Å²) < 4.78 is 0. The van der Waals surface area contributed by atoms with Crippen LogP contribution in [0.3, 0.4) is 0 Å². The molecule has 1 saturated heterocycles. The Kier molecular flexibility index (Phi) is 4.36. The summed E-state index contributed by atoms with van der Waals surface area (Å²) in [6.45, 7) is 3.55. The lowest BCUT2D eigenvalue weighted by molar-refractivity contribution is -0.0540. The van der Waals surface area contributed by atoms with Crippen LogP contribution in [-0.2, 0) is 19.5 Å². The van der Waals surface area contributed by atoms with Gasteiger partial charge in [0.05, 0.1) is 18.6 Å². The Bertz CT molecular complexity index is 598. The smallest absolute Gasteiger partial charge is 0.0532 e. The fraction of sp³-hybridized carbons (Fsp3) is 0.400. The number of hydrogen-bond donors (Lipinski definition) is 4. The number of hydrazine groups is 2. The lowest BCUT2D eigenvalue weighted by Crippen LogP contribution is -2.58. The zero-order chi connectivity index (χ0) is 16.2. The molecular formula is C15H21N9. The zero-order valence-electron chi connectivity index (χ0n) is 13.3. The van der Waals surface area contributed by atoms with Gasteiger partial charge in [-0.1, -0.05) is 0 Å². The summed E-state index contributed by atoms with van der Waals surface area (Å²) >= 11 is 0. The quantitative estimate of drug-likeness (QED) is 0.524. The van der Waals surface area contributed by atoms with Crippen LogP contribution in [0.15, 0.2) is 37.2 Å². The number of nitrogens with zero attached hydrogens (tertiary/aromatic N) is 5. The van der Waals surface area contributed by atoms with E-state index in [0.717, 1.165) is 43.7 Å². The Balaban J connectivity index is 1.44. The topological polar surface area (TPSA) is 105 Å². The first-order valence-electron chi connectivity index (χ1n) is 8.04. The summed E-state index contributed by atoms with van der Waals surface area (Å²) in [7, 11) is 0. The molecule has 0 atom stereocenters. The number of H-pyrrole nitrogens is 3. The molecular weight excluding hydrogens is 306 g/mol. The predicted molar refractivity (Wildman–Crippen MR) is 86.9 cm³/mol. The highest BCUT2D eigenvalue weighted by Gasteiger charge is 2.26. The zero-order valence-corrected chi connectivity index (χ0v) is 13.3. The molecule has 9 nitrogen and oxygen atoms in total. The molecule has 1 aliphatic rings. The SMILES string of the molecule is c1n[nH]cc1CC1CN(Cc2cn[nH]c2)NN(Cc2cn[nH]c2)C1. The third-order valence-corrected chi connectivity index (χ3v) is 4.18. The summed E-state index contributed by atoms with van der Waals surface area (Å²) in [5.41, 5.74) is 7.07. The molecule has 4 N–H and O–H groups in total. The molecule has 9 heteroatoms. The van der Waals surface area contributed by atoms with Crippen LogP contribution in [0.1, 0.15) is 16.7 Å². The number of rotatable bonds is 6. The van der Waals surface area contributed by atoms with Crippen molar-refractivity contribution in [3.05, 3.63) is 53.9 Å². The molecule has 1 fully saturated rings. The van der Waals surface area contributed by atoms with Crippen LogP contribution in [-0.4, -0.2) is 53.7 Å². The van der Waals surface area contributed by atoms with Gasteiger partial charge in [-0.3, -0.25) is 15.3 Å². The molecule has 0 bridgehead atoms. The van der Waals surface area contributed by atoms with Gasteiger partial charge in [-0.2, -0.15) is 20.8 Å². The van der Waals surface area contributed by atoms with Crippen molar-refractivity contribution in [3.8, 4) is 0 Å². The molecule has 3 aromatic heterocycles. The molecule has 0 aromatic carbocycles. The second kappa shape index (κ2) is 6.95. The molecule has 1 aliphatic heterocycles. The second-order valence-corrected chi connectivity index (χ2v) is 6.25. The molecule has 0 aliphatic carbocycles. The van der Waals surface area contributed by atoms with Gasteiger partial charge in [-0.05, 0) is 17.9 Å². The Labute approximate surface area is 139 Å². The first kappa shape index (κ1) is 15.1. The largest absolute Gasteiger partial charge is 0.285 e. The van der Waals surface area contributed by atoms with Gasteiger partial charge >= 0.3 is 0 Å². The highest BCUT2D eigenvalue weighted by atomic mass is 15.8. The average molecular weight is 327 g/mol. The van der Waals surface area contributed by atoms with Gasteiger partial charge in [0.25, 0.3) is 0 Å². The maximum Gasteiger partial charge on any atom is 0.0532 e. The van der Waals surface area contributed by atoms with Crippen molar-refractivity contribution in [1.82, 2.24) is 46.1 Å². The maximum absolute atomic E-state index is 4.05. The van der Waals surface area contributed by atoms with E-state index in [9.17, 15) is 0 Å². The Hall–Kier alpha value is -2.49. The Morgan fingerprint density at radius 1 is 0.792 bits per heavy atom. The van der Waals surface area contributed by atoms with Crippen LogP contribution in [0, 0.1) is 5.92 Å². The lowest BCUT2D eigenvalue weighted by atomic mass is 10.00. The van der Waals surface area contributed by atoms with Gasteiger partial charge in [0.1, 0.15) is 0 Å². The molecule has 0 unspecified atom stereocenters. The van der Waals surface area contributed by atoms with Crippen LogP contribution in [0.4, 0.5) is 0 Å². The van der Waals surface area contributed by atoms with Gasteiger partial charge in [-0.15, -0.1) is 0 Å². The van der Waals surface area contributed by atoms with Crippen LogP contribution in [0.2, 0.25) is 0 Å². The number of nitrogens with one attached hydrogen (secondary N) is 4. The Morgan fingerprint density at radius 3 is 1.75 bits per heavy atom. The summed E-state index contributed by atoms with van der Waals surface area (Å²) in [5, 5.41) is 25.2. The average Bonchev–Trinajstić information content (AvgIpc) is 3.30. The van der Waals surface area contributed by atoms with Crippen LogP contribution in [0.5, 0.6) is 0 Å². The van der Waals surface area contributed by atoms with E-state index in [1.165, 1.54) is 5.56 Å². The predicted octanol–water partition coefficient (Wildman–Crippen LogP) is 0.452. The minimum Gasteiger partial charge on any atom is -0.285 e. The van der Waals surface area contributed by atoms with E-state index < -0.39 is 0 Å². The van der Waals surface area contributed by atoms with Gasteiger partial charge in [0.2, 0.25) is 0 Å². The normalized spacial score (nSPS) is 17.5. The summed E-state index contributed by atoms with van der Waals surface area (Å²) in [4.78, 5) is 0.